The fourth-order valence-corrected chi connectivity index (χ4v) is 4.41. The van der Waals surface area contributed by atoms with E-state index in [4.69, 9.17) is 0 Å². The second kappa shape index (κ2) is 5.22. The third-order valence-electron chi connectivity index (χ3n) is 3.61. The van der Waals surface area contributed by atoms with Gasteiger partial charge in [-0.25, -0.2) is 0 Å². The van der Waals surface area contributed by atoms with Gasteiger partial charge in [-0.15, -0.1) is 0 Å². The summed E-state index contributed by atoms with van der Waals surface area (Å²) in [6.07, 6.45) is 5.80. The number of nitrogens with zero attached hydrogens (tertiary/aromatic N) is 1. The van der Waals surface area contributed by atoms with Crippen LogP contribution in [0.3, 0.4) is 0 Å². The van der Waals surface area contributed by atoms with E-state index in [1.165, 1.54) is 62.2 Å². The van der Waals surface area contributed by atoms with Crippen molar-refractivity contribution < 1.29 is 0 Å². The summed E-state index contributed by atoms with van der Waals surface area (Å²) in [7, 11) is 0. The first-order valence-electron chi connectivity index (χ1n) is 5.71. The van der Waals surface area contributed by atoms with E-state index in [1.54, 1.807) is 0 Å². The minimum absolute atomic E-state index is 0.627. The van der Waals surface area contributed by atoms with Gasteiger partial charge in [-0.3, -0.25) is 0 Å². The van der Waals surface area contributed by atoms with Crippen LogP contribution >= 0.6 is 27.7 Å². The molecule has 0 spiro atoms. The monoisotopic (exact) mass is 277 g/mol. The Kier molecular flexibility index (Phi) is 4.21. The Hall–Kier alpha value is 0.790. The quantitative estimate of drug-likeness (QED) is 0.730. The molecule has 0 unspecified atom stereocenters. The van der Waals surface area contributed by atoms with Crippen molar-refractivity contribution >= 4 is 27.7 Å². The molecule has 2 aliphatic rings. The van der Waals surface area contributed by atoms with Crippen molar-refractivity contribution in [1.82, 2.24) is 4.90 Å². The van der Waals surface area contributed by atoms with E-state index in [-0.39, 0.29) is 0 Å². The maximum Gasteiger partial charge on any atom is 0.0100 e. The van der Waals surface area contributed by atoms with Gasteiger partial charge in [-0.05, 0) is 18.3 Å². The molecule has 1 nitrogen and oxygen atoms in total. The van der Waals surface area contributed by atoms with Gasteiger partial charge in [0.1, 0.15) is 0 Å². The van der Waals surface area contributed by atoms with Crippen LogP contribution in [0.4, 0.5) is 0 Å². The number of halogens is 1. The van der Waals surface area contributed by atoms with Gasteiger partial charge in [0.05, 0.1) is 0 Å². The molecule has 0 aromatic carbocycles. The maximum absolute atomic E-state index is 3.73. The van der Waals surface area contributed by atoms with Crippen LogP contribution in [0.15, 0.2) is 0 Å². The number of alkyl halides is 1. The summed E-state index contributed by atoms with van der Waals surface area (Å²) in [4.78, 5) is 2.68. The van der Waals surface area contributed by atoms with Crippen LogP contribution in [0, 0.1) is 5.41 Å². The zero-order valence-corrected chi connectivity index (χ0v) is 11.2. The van der Waals surface area contributed by atoms with Crippen LogP contribution < -0.4 is 0 Å². The van der Waals surface area contributed by atoms with Gasteiger partial charge in [-0.1, -0.05) is 28.8 Å². The number of rotatable bonds is 3. The van der Waals surface area contributed by atoms with E-state index in [9.17, 15) is 0 Å². The third kappa shape index (κ3) is 2.67. The molecule has 2 fully saturated rings. The summed E-state index contributed by atoms with van der Waals surface area (Å²) >= 11 is 5.84. The highest BCUT2D eigenvalue weighted by Crippen LogP contribution is 2.40. The minimum Gasteiger partial charge on any atom is -0.301 e. The molecule has 1 heterocycles. The van der Waals surface area contributed by atoms with E-state index in [1.807, 2.05) is 0 Å². The summed E-state index contributed by atoms with van der Waals surface area (Å²) in [5.74, 6) is 2.69. The number of hydrogen-bond donors (Lipinski definition) is 0. The second-order valence-corrected chi connectivity index (χ2v) is 6.51. The molecule has 0 amide bonds. The maximum atomic E-state index is 3.73. The molecule has 0 bridgehead atoms. The van der Waals surface area contributed by atoms with Gasteiger partial charge < -0.3 is 4.90 Å². The lowest BCUT2D eigenvalue weighted by molar-refractivity contribution is 0.185. The summed E-state index contributed by atoms with van der Waals surface area (Å²) < 4.78 is 0. The molecule has 0 aromatic heterocycles. The summed E-state index contributed by atoms with van der Waals surface area (Å²) in [6, 6.07) is 0. The van der Waals surface area contributed by atoms with Crippen LogP contribution in [0.5, 0.6) is 0 Å². The van der Waals surface area contributed by atoms with Gasteiger partial charge >= 0.3 is 0 Å². The molecule has 82 valence electrons. The molecule has 2 rings (SSSR count). The third-order valence-corrected chi connectivity index (χ3v) is 5.74. The smallest absolute Gasteiger partial charge is 0.0100 e. The molecule has 14 heavy (non-hydrogen) atoms. The molecule has 1 aliphatic heterocycles. The first kappa shape index (κ1) is 11.3. The van der Waals surface area contributed by atoms with E-state index < -0.39 is 0 Å². The Morgan fingerprint density at radius 1 is 1.14 bits per heavy atom. The summed E-state index contributed by atoms with van der Waals surface area (Å²) in [5.41, 5.74) is 0.627. The molecule has 0 aromatic rings. The molecule has 1 saturated heterocycles. The Morgan fingerprint density at radius 3 is 2.36 bits per heavy atom. The molecular weight excluding hydrogens is 258 g/mol. The van der Waals surface area contributed by atoms with Crippen molar-refractivity contribution in [2.75, 3.05) is 36.5 Å². The second-order valence-electron chi connectivity index (χ2n) is 4.73. The van der Waals surface area contributed by atoms with Crippen molar-refractivity contribution in [2.24, 2.45) is 5.41 Å². The summed E-state index contributed by atoms with van der Waals surface area (Å²) in [5, 5.41) is 1.21. The van der Waals surface area contributed by atoms with Crippen molar-refractivity contribution in [3.8, 4) is 0 Å². The van der Waals surface area contributed by atoms with Crippen molar-refractivity contribution in [3.05, 3.63) is 0 Å². The van der Waals surface area contributed by atoms with E-state index >= 15 is 0 Å². The first-order valence-corrected chi connectivity index (χ1v) is 7.98. The van der Waals surface area contributed by atoms with Gasteiger partial charge in [0.2, 0.25) is 0 Å². The standard InChI is InChI=1S/C11H20BrNS/c12-9-11(3-1-2-4-11)10-13-5-7-14-8-6-13/h1-10H2. The molecule has 1 saturated carbocycles. The molecular formula is C11H20BrNS. The fourth-order valence-electron chi connectivity index (χ4n) is 2.69. The highest BCUT2D eigenvalue weighted by molar-refractivity contribution is 9.09. The molecule has 0 radical (unpaired) electrons. The average Bonchev–Trinajstić information content (AvgIpc) is 2.69. The lowest BCUT2D eigenvalue weighted by Gasteiger charge is -2.35. The zero-order valence-electron chi connectivity index (χ0n) is 8.80. The highest BCUT2D eigenvalue weighted by atomic mass is 79.9. The predicted molar refractivity (Wildman–Crippen MR) is 68.5 cm³/mol. The van der Waals surface area contributed by atoms with Crippen LogP contribution in [0.25, 0.3) is 0 Å². The Balaban J connectivity index is 1.86. The number of thioether (sulfide) groups is 1. The van der Waals surface area contributed by atoms with E-state index in [2.05, 4.69) is 32.6 Å². The Morgan fingerprint density at radius 2 is 1.79 bits per heavy atom. The van der Waals surface area contributed by atoms with Gasteiger partial charge in [0.15, 0.2) is 0 Å². The minimum atomic E-state index is 0.627. The largest absolute Gasteiger partial charge is 0.301 e. The Bertz CT molecular complexity index is 174. The molecule has 0 atom stereocenters. The van der Waals surface area contributed by atoms with E-state index in [0.717, 1.165) is 0 Å². The molecule has 1 aliphatic carbocycles. The number of hydrogen-bond acceptors (Lipinski definition) is 2. The van der Waals surface area contributed by atoms with Crippen LogP contribution in [0.1, 0.15) is 25.7 Å². The zero-order chi connectivity index (χ0) is 9.86. The molecule has 3 heteroatoms. The van der Waals surface area contributed by atoms with Crippen LogP contribution in [-0.4, -0.2) is 41.4 Å². The summed E-state index contributed by atoms with van der Waals surface area (Å²) in [6.45, 7) is 3.98. The normalized spacial score (nSPS) is 28.1. The Labute approximate surface area is 100 Å². The van der Waals surface area contributed by atoms with E-state index in [0.29, 0.717) is 5.41 Å². The lowest BCUT2D eigenvalue weighted by atomic mass is 9.88. The van der Waals surface area contributed by atoms with Gasteiger partial charge in [0.25, 0.3) is 0 Å². The van der Waals surface area contributed by atoms with Gasteiger partial charge in [-0.2, -0.15) is 11.8 Å². The van der Waals surface area contributed by atoms with Gasteiger partial charge in [0, 0.05) is 36.5 Å². The predicted octanol–water partition coefficient (Wildman–Crippen LogP) is 2.99. The van der Waals surface area contributed by atoms with Crippen LogP contribution in [-0.2, 0) is 0 Å². The fraction of sp³-hybridized carbons (Fsp3) is 1.00. The average molecular weight is 278 g/mol. The van der Waals surface area contributed by atoms with Crippen LogP contribution in [0.2, 0.25) is 0 Å². The highest BCUT2D eigenvalue weighted by Gasteiger charge is 2.34. The topological polar surface area (TPSA) is 3.24 Å². The van der Waals surface area contributed by atoms with Crippen molar-refractivity contribution in [3.63, 3.8) is 0 Å². The SMILES string of the molecule is BrCC1(CN2CCSCC2)CCCC1. The first-order chi connectivity index (χ1) is 6.85. The van der Waals surface area contributed by atoms with Crippen molar-refractivity contribution in [1.29, 1.82) is 0 Å². The van der Waals surface area contributed by atoms with Crippen molar-refractivity contribution in [2.45, 2.75) is 25.7 Å². The lowest BCUT2D eigenvalue weighted by Crippen LogP contribution is -2.41. The molecule has 0 N–H and O–H groups in total.